The Morgan fingerprint density at radius 2 is 2.04 bits per heavy atom. The van der Waals surface area contributed by atoms with E-state index in [0.29, 0.717) is 5.41 Å². The van der Waals surface area contributed by atoms with E-state index in [-0.39, 0.29) is 6.04 Å². The predicted octanol–water partition coefficient (Wildman–Crippen LogP) is 4.48. The lowest BCUT2D eigenvalue weighted by Gasteiger charge is -2.25. The monoisotopic (exact) mass is 346 g/mol. The van der Waals surface area contributed by atoms with Gasteiger partial charge in [-0.15, -0.1) is 0 Å². The average molecular weight is 347 g/mol. The molecule has 128 valence electrons. The van der Waals surface area contributed by atoms with E-state index in [9.17, 15) is 0 Å². The van der Waals surface area contributed by atoms with Gasteiger partial charge in [-0.2, -0.15) is 0 Å². The normalized spacial score (nSPS) is 25.6. The molecule has 2 fully saturated rings. The molecule has 0 bridgehead atoms. The van der Waals surface area contributed by atoms with Crippen molar-refractivity contribution in [3.8, 4) is 11.3 Å². The van der Waals surface area contributed by atoms with Crippen molar-refractivity contribution >= 4 is 11.6 Å². The highest BCUT2D eigenvalue weighted by molar-refractivity contribution is 6.30. The zero-order chi connectivity index (χ0) is 16.7. The van der Waals surface area contributed by atoms with Gasteiger partial charge in [0, 0.05) is 29.2 Å². The molecule has 1 aromatic carbocycles. The summed E-state index contributed by atoms with van der Waals surface area (Å²) in [5, 5.41) is 0.727. The van der Waals surface area contributed by atoms with Gasteiger partial charge in [-0.1, -0.05) is 11.6 Å². The minimum absolute atomic E-state index is 0.185. The first kappa shape index (κ1) is 16.1. The van der Waals surface area contributed by atoms with Crippen LogP contribution in [0.5, 0.6) is 0 Å². The summed E-state index contributed by atoms with van der Waals surface area (Å²) in [5.74, 6) is 1.64. The molecule has 2 aliphatic rings. The molecule has 2 aliphatic heterocycles. The number of hydrogen-bond acceptors (Lipinski definition) is 4. The third-order valence-corrected chi connectivity index (χ3v) is 5.73. The second-order valence-corrected chi connectivity index (χ2v) is 7.61. The molecule has 0 aliphatic carbocycles. The highest BCUT2D eigenvalue weighted by atomic mass is 35.5. The van der Waals surface area contributed by atoms with Gasteiger partial charge in [0.25, 0.3) is 0 Å². The van der Waals surface area contributed by atoms with Gasteiger partial charge in [-0.25, -0.2) is 4.98 Å². The quantitative estimate of drug-likeness (QED) is 0.821. The minimum Gasteiger partial charge on any atom is -0.439 e. The molecular weight excluding hydrogens is 324 g/mol. The fourth-order valence-corrected chi connectivity index (χ4v) is 4.02. The topological polar surface area (TPSA) is 38.5 Å². The van der Waals surface area contributed by atoms with Crippen LogP contribution in [-0.2, 0) is 4.74 Å². The summed E-state index contributed by atoms with van der Waals surface area (Å²) in [6.07, 6.45) is 2.39. The third-order valence-electron chi connectivity index (χ3n) is 5.48. The predicted molar refractivity (Wildman–Crippen MR) is 94.2 cm³/mol. The molecule has 2 atom stereocenters. The molecule has 0 saturated carbocycles. The number of aromatic nitrogens is 1. The summed E-state index contributed by atoms with van der Waals surface area (Å²) in [5.41, 5.74) is 2.30. The number of hydrogen-bond donors (Lipinski definition) is 0. The van der Waals surface area contributed by atoms with Crippen molar-refractivity contribution < 1.29 is 9.15 Å². The smallest absolute Gasteiger partial charge is 0.212 e. The van der Waals surface area contributed by atoms with Gasteiger partial charge >= 0.3 is 0 Å². The Bertz CT molecular complexity index is 719. The molecule has 2 saturated heterocycles. The first-order valence-corrected chi connectivity index (χ1v) is 8.99. The Labute approximate surface area is 147 Å². The SMILES string of the molecule is Cc1nc([C@@H](C)N2CC[C@]3(CCOC3)C2)oc1-c1ccc(Cl)cc1. The fourth-order valence-electron chi connectivity index (χ4n) is 3.89. The second kappa shape index (κ2) is 6.17. The standard InChI is InChI=1S/C19H23ClN2O2/c1-13-17(15-3-5-16(20)6-4-15)24-18(21-13)14(2)22-9-7-19(11-22)8-10-23-12-19/h3-6,14H,7-12H2,1-2H3/t14-,19+/m1/s1. The largest absolute Gasteiger partial charge is 0.439 e. The Hall–Kier alpha value is -1.36. The summed E-state index contributed by atoms with van der Waals surface area (Å²) in [6, 6.07) is 7.90. The van der Waals surface area contributed by atoms with Gasteiger partial charge in [-0.05, 0) is 57.5 Å². The minimum atomic E-state index is 0.185. The Morgan fingerprint density at radius 1 is 1.25 bits per heavy atom. The molecule has 0 radical (unpaired) electrons. The highest BCUT2D eigenvalue weighted by Crippen LogP contribution is 2.41. The summed E-state index contributed by atoms with van der Waals surface area (Å²) in [7, 11) is 0. The lowest BCUT2D eigenvalue weighted by Crippen LogP contribution is -2.29. The van der Waals surface area contributed by atoms with Crippen molar-refractivity contribution in [2.24, 2.45) is 5.41 Å². The van der Waals surface area contributed by atoms with Gasteiger partial charge in [0.05, 0.1) is 18.3 Å². The van der Waals surface area contributed by atoms with Crippen LogP contribution >= 0.6 is 11.6 Å². The lowest BCUT2D eigenvalue weighted by molar-refractivity contribution is 0.142. The van der Waals surface area contributed by atoms with E-state index in [0.717, 1.165) is 54.2 Å². The number of ether oxygens (including phenoxy) is 1. The van der Waals surface area contributed by atoms with E-state index in [1.54, 1.807) is 0 Å². The third kappa shape index (κ3) is 2.87. The molecule has 24 heavy (non-hydrogen) atoms. The Kier molecular flexibility index (Phi) is 4.15. The molecule has 1 spiro atoms. The molecular formula is C19H23ClN2O2. The molecule has 1 aromatic heterocycles. The molecule has 4 rings (SSSR count). The Balaban J connectivity index is 1.54. The first-order valence-electron chi connectivity index (χ1n) is 8.61. The van der Waals surface area contributed by atoms with Crippen LogP contribution in [0.2, 0.25) is 5.02 Å². The summed E-state index contributed by atoms with van der Waals surface area (Å²) >= 11 is 5.98. The van der Waals surface area contributed by atoms with Gasteiger partial charge in [0.1, 0.15) is 0 Å². The van der Waals surface area contributed by atoms with Crippen LogP contribution in [0.4, 0.5) is 0 Å². The number of halogens is 1. The number of likely N-dealkylation sites (tertiary alicyclic amines) is 1. The van der Waals surface area contributed by atoms with Gasteiger partial charge in [-0.3, -0.25) is 4.90 Å². The van der Waals surface area contributed by atoms with Crippen molar-refractivity contribution in [2.45, 2.75) is 32.7 Å². The van der Waals surface area contributed by atoms with Crippen LogP contribution in [0.15, 0.2) is 28.7 Å². The molecule has 2 aromatic rings. The zero-order valence-electron chi connectivity index (χ0n) is 14.2. The summed E-state index contributed by atoms with van der Waals surface area (Å²) < 4.78 is 11.8. The number of aryl methyl sites for hydroxylation is 1. The zero-order valence-corrected chi connectivity index (χ0v) is 15.0. The summed E-state index contributed by atoms with van der Waals surface area (Å²) in [6.45, 7) is 8.15. The molecule has 0 unspecified atom stereocenters. The maximum Gasteiger partial charge on any atom is 0.212 e. The van der Waals surface area contributed by atoms with Crippen molar-refractivity contribution in [1.29, 1.82) is 0 Å². The van der Waals surface area contributed by atoms with Crippen molar-refractivity contribution in [1.82, 2.24) is 9.88 Å². The molecule has 5 heteroatoms. The molecule has 4 nitrogen and oxygen atoms in total. The molecule has 0 N–H and O–H groups in total. The van der Waals surface area contributed by atoms with Crippen molar-refractivity contribution in [3.05, 3.63) is 40.9 Å². The molecule has 0 amide bonds. The van der Waals surface area contributed by atoms with Crippen LogP contribution < -0.4 is 0 Å². The number of benzene rings is 1. The van der Waals surface area contributed by atoms with Crippen LogP contribution in [0.3, 0.4) is 0 Å². The van der Waals surface area contributed by atoms with E-state index >= 15 is 0 Å². The maximum absolute atomic E-state index is 6.14. The first-order chi connectivity index (χ1) is 11.6. The highest BCUT2D eigenvalue weighted by Gasteiger charge is 2.43. The van der Waals surface area contributed by atoms with Gasteiger partial charge < -0.3 is 9.15 Å². The number of oxazole rings is 1. The second-order valence-electron chi connectivity index (χ2n) is 7.17. The van der Waals surface area contributed by atoms with Crippen molar-refractivity contribution in [3.63, 3.8) is 0 Å². The van der Waals surface area contributed by atoms with E-state index in [4.69, 9.17) is 25.7 Å². The van der Waals surface area contributed by atoms with Crippen LogP contribution in [0.1, 0.15) is 37.4 Å². The van der Waals surface area contributed by atoms with E-state index < -0.39 is 0 Å². The van der Waals surface area contributed by atoms with Crippen LogP contribution in [0, 0.1) is 12.3 Å². The maximum atomic E-state index is 6.14. The van der Waals surface area contributed by atoms with E-state index in [1.807, 2.05) is 31.2 Å². The van der Waals surface area contributed by atoms with Gasteiger partial charge in [0.15, 0.2) is 5.76 Å². The van der Waals surface area contributed by atoms with Crippen molar-refractivity contribution in [2.75, 3.05) is 26.3 Å². The molecule has 3 heterocycles. The van der Waals surface area contributed by atoms with E-state index in [1.165, 1.54) is 12.8 Å². The van der Waals surface area contributed by atoms with Crippen LogP contribution in [0.25, 0.3) is 11.3 Å². The van der Waals surface area contributed by atoms with Crippen LogP contribution in [-0.4, -0.2) is 36.2 Å². The lowest BCUT2D eigenvalue weighted by atomic mass is 9.87. The Morgan fingerprint density at radius 3 is 2.75 bits per heavy atom. The number of rotatable bonds is 3. The van der Waals surface area contributed by atoms with Gasteiger partial charge in [0.2, 0.25) is 5.89 Å². The van der Waals surface area contributed by atoms with E-state index in [2.05, 4.69) is 11.8 Å². The average Bonchev–Trinajstić information content (AvgIpc) is 3.30. The fraction of sp³-hybridized carbons (Fsp3) is 0.526. The number of nitrogens with zero attached hydrogens (tertiary/aromatic N) is 2. The summed E-state index contributed by atoms with van der Waals surface area (Å²) in [4.78, 5) is 7.17.